The van der Waals surface area contributed by atoms with Gasteiger partial charge in [-0.25, -0.2) is 4.39 Å². The van der Waals surface area contributed by atoms with Gasteiger partial charge in [-0.05, 0) is 51.4 Å². The van der Waals surface area contributed by atoms with Gasteiger partial charge in [0.1, 0.15) is 5.82 Å². The van der Waals surface area contributed by atoms with E-state index >= 15 is 0 Å². The van der Waals surface area contributed by atoms with Crippen LogP contribution in [0.1, 0.15) is 11.1 Å². The lowest BCUT2D eigenvalue weighted by atomic mass is 10.00. The van der Waals surface area contributed by atoms with Crippen LogP contribution in [0.2, 0.25) is 0 Å². The topological polar surface area (TPSA) is 67.4 Å². The van der Waals surface area contributed by atoms with Crippen molar-refractivity contribution >= 4 is 11.8 Å². The minimum atomic E-state index is -0.336. The first-order chi connectivity index (χ1) is 13.7. The Bertz CT molecular complexity index is 1150. The lowest BCUT2D eigenvalue weighted by Gasteiger charge is -2.07. The zero-order chi connectivity index (χ0) is 19.3. The molecule has 7 heteroatoms. The maximum Gasteiger partial charge on any atom is 0.214 e. The highest BCUT2D eigenvalue weighted by Gasteiger charge is 2.10. The van der Waals surface area contributed by atoms with Crippen molar-refractivity contribution in [2.45, 2.75) is 10.9 Å². The van der Waals surface area contributed by atoms with Crippen LogP contribution in [0.25, 0.3) is 16.8 Å². The van der Waals surface area contributed by atoms with Crippen LogP contribution in [0.5, 0.6) is 0 Å². The van der Waals surface area contributed by atoms with E-state index < -0.39 is 0 Å². The maximum absolute atomic E-state index is 13.5. The number of thioether (sulfide) groups is 1. The first-order valence-corrected chi connectivity index (χ1v) is 9.49. The highest BCUT2D eigenvalue weighted by molar-refractivity contribution is 7.98. The Labute approximate surface area is 165 Å². The lowest BCUT2D eigenvalue weighted by Crippen LogP contribution is -1.99. The minimum Gasteiger partial charge on any atom is -0.207 e. The number of hydrogen-bond donors (Lipinski definition) is 0. The Balaban J connectivity index is 1.50. The summed E-state index contributed by atoms with van der Waals surface area (Å²) in [7, 11) is 0. The van der Waals surface area contributed by atoms with E-state index in [1.54, 1.807) is 12.1 Å². The molecule has 0 amide bonds. The van der Waals surface area contributed by atoms with E-state index in [9.17, 15) is 9.65 Å². The van der Waals surface area contributed by atoms with E-state index in [0.717, 1.165) is 16.7 Å². The number of hydrogen-bond acceptors (Lipinski definition) is 5. The number of benzene rings is 3. The van der Waals surface area contributed by atoms with E-state index in [-0.39, 0.29) is 5.82 Å². The Morgan fingerprint density at radius 2 is 1.82 bits per heavy atom. The Morgan fingerprint density at radius 3 is 2.61 bits per heavy atom. The molecule has 1 aromatic heterocycles. The summed E-state index contributed by atoms with van der Waals surface area (Å²) in [6.45, 7) is 0. The summed E-state index contributed by atoms with van der Waals surface area (Å²) in [5, 5.41) is 21.5. The molecule has 0 aliphatic carbocycles. The van der Waals surface area contributed by atoms with E-state index in [1.165, 1.54) is 28.6 Å². The molecule has 0 atom stereocenters. The summed E-state index contributed by atoms with van der Waals surface area (Å²) in [5.74, 6) is 0.327. The molecule has 0 unspecified atom stereocenters. The molecule has 5 nitrogen and oxygen atoms in total. The highest BCUT2D eigenvalue weighted by Crippen LogP contribution is 2.26. The van der Waals surface area contributed by atoms with Crippen LogP contribution in [-0.2, 0) is 5.75 Å². The second-order valence-corrected chi connectivity index (χ2v) is 6.94. The average molecular weight is 387 g/mol. The number of nitrogens with zero attached hydrogens (tertiary/aromatic N) is 5. The third-order valence-corrected chi connectivity index (χ3v) is 5.16. The number of nitriles is 1. The van der Waals surface area contributed by atoms with Gasteiger partial charge in [0.15, 0.2) is 0 Å². The van der Waals surface area contributed by atoms with Crippen molar-refractivity contribution in [2.24, 2.45) is 0 Å². The molecule has 0 bridgehead atoms. The highest BCUT2D eigenvalue weighted by atomic mass is 32.2. The second kappa shape index (κ2) is 8.03. The average Bonchev–Trinajstić information content (AvgIpc) is 3.21. The van der Waals surface area contributed by atoms with Crippen LogP contribution >= 0.6 is 11.8 Å². The molecule has 0 aliphatic heterocycles. The van der Waals surface area contributed by atoms with Crippen LogP contribution < -0.4 is 0 Å². The third kappa shape index (κ3) is 3.77. The summed E-state index contributed by atoms with van der Waals surface area (Å²) in [6, 6.07) is 23.9. The van der Waals surface area contributed by atoms with E-state index in [1.807, 2.05) is 48.5 Å². The van der Waals surface area contributed by atoms with Gasteiger partial charge in [0.2, 0.25) is 5.16 Å². The van der Waals surface area contributed by atoms with Crippen LogP contribution in [0.3, 0.4) is 0 Å². The van der Waals surface area contributed by atoms with Crippen molar-refractivity contribution in [3.63, 3.8) is 0 Å². The van der Waals surface area contributed by atoms with Crippen molar-refractivity contribution in [1.29, 1.82) is 5.26 Å². The molecule has 4 aromatic rings. The van der Waals surface area contributed by atoms with Crippen molar-refractivity contribution < 1.29 is 4.39 Å². The van der Waals surface area contributed by atoms with Gasteiger partial charge in [0.25, 0.3) is 0 Å². The SMILES string of the molecule is N#Cc1ccccc1-c1ccc(CSc2nnnn2-c2cccc(F)c2)cc1. The predicted molar refractivity (Wildman–Crippen MR) is 105 cm³/mol. The molecule has 0 saturated heterocycles. The molecule has 0 fully saturated rings. The first-order valence-electron chi connectivity index (χ1n) is 8.50. The summed E-state index contributed by atoms with van der Waals surface area (Å²) >= 11 is 1.47. The number of tetrazole rings is 1. The molecule has 28 heavy (non-hydrogen) atoms. The molecule has 4 rings (SSSR count). The van der Waals surface area contributed by atoms with Gasteiger partial charge < -0.3 is 0 Å². The van der Waals surface area contributed by atoms with Gasteiger partial charge in [-0.3, -0.25) is 0 Å². The van der Waals surface area contributed by atoms with Gasteiger partial charge in [-0.15, -0.1) is 5.10 Å². The van der Waals surface area contributed by atoms with Crippen LogP contribution in [0.15, 0.2) is 78.0 Å². The molecular weight excluding hydrogens is 373 g/mol. The molecule has 0 aliphatic rings. The van der Waals surface area contributed by atoms with Crippen LogP contribution in [0.4, 0.5) is 4.39 Å². The van der Waals surface area contributed by atoms with Gasteiger partial charge in [-0.2, -0.15) is 9.94 Å². The summed E-state index contributed by atoms with van der Waals surface area (Å²) in [4.78, 5) is 0. The molecule has 0 N–H and O–H groups in total. The fourth-order valence-corrected chi connectivity index (χ4v) is 3.65. The molecule has 0 saturated carbocycles. The zero-order valence-corrected chi connectivity index (χ0v) is 15.5. The summed E-state index contributed by atoms with van der Waals surface area (Å²) < 4.78 is 15.0. The van der Waals surface area contributed by atoms with E-state index in [4.69, 9.17) is 0 Å². The van der Waals surface area contributed by atoms with E-state index in [0.29, 0.717) is 22.2 Å². The molecular formula is C21H14FN5S. The van der Waals surface area contributed by atoms with Gasteiger partial charge in [0, 0.05) is 5.75 Å². The van der Waals surface area contributed by atoms with E-state index in [2.05, 4.69) is 21.6 Å². The monoisotopic (exact) mass is 387 g/mol. The van der Waals surface area contributed by atoms with Gasteiger partial charge in [0.05, 0.1) is 17.3 Å². The lowest BCUT2D eigenvalue weighted by molar-refractivity contribution is 0.623. The molecule has 0 spiro atoms. The fourth-order valence-electron chi connectivity index (χ4n) is 2.80. The Hall–Kier alpha value is -3.50. The maximum atomic E-state index is 13.5. The van der Waals surface area contributed by atoms with Crippen molar-refractivity contribution in [1.82, 2.24) is 20.2 Å². The fraction of sp³-hybridized carbons (Fsp3) is 0.0476. The smallest absolute Gasteiger partial charge is 0.207 e. The van der Waals surface area contributed by atoms with Crippen LogP contribution in [0, 0.1) is 17.1 Å². The quantitative estimate of drug-likeness (QED) is 0.467. The number of aromatic nitrogens is 4. The standard InChI is InChI=1S/C21H14FN5S/c22-18-5-3-6-19(12-18)27-21(24-25-26-27)28-14-15-8-10-16(11-9-15)20-7-2-1-4-17(20)13-23/h1-12H,14H2. The van der Waals surface area contributed by atoms with Gasteiger partial charge in [-0.1, -0.05) is 60.3 Å². The minimum absolute atomic E-state index is 0.336. The Morgan fingerprint density at radius 1 is 1.00 bits per heavy atom. The normalized spacial score (nSPS) is 10.6. The number of rotatable bonds is 5. The zero-order valence-electron chi connectivity index (χ0n) is 14.7. The predicted octanol–water partition coefficient (Wildman–Crippen LogP) is 4.63. The van der Waals surface area contributed by atoms with Gasteiger partial charge >= 0.3 is 0 Å². The van der Waals surface area contributed by atoms with Crippen molar-refractivity contribution in [3.05, 3.63) is 89.7 Å². The third-order valence-electron chi connectivity index (χ3n) is 4.17. The van der Waals surface area contributed by atoms with Crippen molar-refractivity contribution in [3.8, 4) is 22.9 Å². The Kier molecular flexibility index (Phi) is 5.13. The molecule has 136 valence electrons. The number of halogens is 1. The summed E-state index contributed by atoms with van der Waals surface area (Å²) in [6.07, 6.45) is 0. The second-order valence-electron chi connectivity index (χ2n) is 6.00. The molecule has 3 aromatic carbocycles. The van der Waals surface area contributed by atoms with Crippen LogP contribution in [-0.4, -0.2) is 20.2 Å². The first kappa shape index (κ1) is 17.9. The summed E-state index contributed by atoms with van der Waals surface area (Å²) in [5.41, 5.74) is 4.24. The molecule has 0 radical (unpaired) electrons. The van der Waals surface area contributed by atoms with Crippen molar-refractivity contribution in [2.75, 3.05) is 0 Å². The largest absolute Gasteiger partial charge is 0.214 e. The molecule has 1 heterocycles.